The number of halogens is 3. The van der Waals surface area contributed by atoms with E-state index in [9.17, 15) is 22.8 Å². The number of alkyl halides is 3. The normalized spacial score (nSPS) is 23.1. The highest BCUT2D eigenvalue weighted by Gasteiger charge is 2.67. The summed E-state index contributed by atoms with van der Waals surface area (Å²) in [6.45, 7) is 6.10. The first-order valence-corrected chi connectivity index (χ1v) is 8.99. The Kier molecular flexibility index (Phi) is 4.33. The lowest BCUT2D eigenvalue weighted by Gasteiger charge is -2.28. The first-order valence-electron chi connectivity index (χ1n) is 8.00. The first kappa shape index (κ1) is 18.8. The Balaban J connectivity index is 1.91. The molecule has 1 aromatic rings. The molecule has 3 rings (SSSR count). The molecule has 1 saturated heterocycles. The van der Waals surface area contributed by atoms with Gasteiger partial charge in [-0.3, -0.25) is 14.5 Å². The standard InChI is InChI=1S/C17H18F3N3O2S/c1-15(2,3)11-6-4-10(5-7-11)12(24)21-16(17(18,19)20)13(25)23-8-9-26-14(23)22-16/h4-7H,8-9H2,1-3H3,(H,21,24)/t16-/m1/s1. The first-order chi connectivity index (χ1) is 12.0. The van der Waals surface area contributed by atoms with E-state index in [-0.39, 0.29) is 22.7 Å². The lowest BCUT2D eigenvalue weighted by atomic mass is 9.86. The highest BCUT2D eigenvalue weighted by atomic mass is 32.2. The van der Waals surface area contributed by atoms with E-state index < -0.39 is 23.7 Å². The fourth-order valence-electron chi connectivity index (χ4n) is 2.76. The van der Waals surface area contributed by atoms with Gasteiger partial charge in [-0.05, 0) is 23.1 Å². The Hall–Kier alpha value is -2.03. The molecule has 1 aromatic carbocycles. The van der Waals surface area contributed by atoms with Gasteiger partial charge in [0.2, 0.25) is 0 Å². The number of nitrogens with one attached hydrogen (secondary N) is 1. The van der Waals surface area contributed by atoms with Gasteiger partial charge < -0.3 is 5.32 Å². The molecule has 2 aliphatic heterocycles. The lowest BCUT2D eigenvalue weighted by molar-refractivity contribution is -0.196. The van der Waals surface area contributed by atoms with Crippen LogP contribution in [0.3, 0.4) is 0 Å². The van der Waals surface area contributed by atoms with E-state index in [0.29, 0.717) is 5.75 Å². The maximum atomic E-state index is 13.7. The van der Waals surface area contributed by atoms with Gasteiger partial charge in [0.1, 0.15) is 0 Å². The minimum Gasteiger partial charge on any atom is -0.312 e. The van der Waals surface area contributed by atoms with Crippen molar-refractivity contribution in [3.8, 4) is 0 Å². The van der Waals surface area contributed by atoms with Crippen LogP contribution in [0.15, 0.2) is 29.3 Å². The third kappa shape index (κ3) is 2.98. The molecule has 0 aliphatic carbocycles. The monoisotopic (exact) mass is 385 g/mol. The molecular weight excluding hydrogens is 367 g/mol. The van der Waals surface area contributed by atoms with E-state index in [1.807, 2.05) is 26.1 Å². The summed E-state index contributed by atoms with van der Waals surface area (Å²) in [6.07, 6.45) is -5.04. The topological polar surface area (TPSA) is 61.8 Å². The smallest absolute Gasteiger partial charge is 0.312 e. The largest absolute Gasteiger partial charge is 0.442 e. The van der Waals surface area contributed by atoms with Gasteiger partial charge in [0.25, 0.3) is 11.8 Å². The molecule has 0 bridgehead atoms. The Morgan fingerprint density at radius 3 is 2.35 bits per heavy atom. The summed E-state index contributed by atoms with van der Waals surface area (Å²) >= 11 is 1.07. The van der Waals surface area contributed by atoms with Crippen LogP contribution in [0.1, 0.15) is 36.7 Å². The summed E-state index contributed by atoms with van der Waals surface area (Å²) in [5.41, 5.74) is -2.43. The number of carbonyl (C=O) groups is 2. The summed E-state index contributed by atoms with van der Waals surface area (Å²) in [6, 6.07) is 6.27. The average Bonchev–Trinajstić information content (AvgIpc) is 3.08. The van der Waals surface area contributed by atoms with Crippen LogP contribution in [0.25, 0.3) is 0 Å². The second kappa shape index (κ2) is 6.00. The molecule has 140 valence electrons. The van der Waals surface area contributed by atoms with Gasteiger partial charge in [0, 0.05) is 17.9 Å². The van der Waals surface area contributed by atoms with Crippen molar-refractivity contribution in [1.82, 2.24) is 10.2 Å². The molecular formula is C17H18F3N3O2S. The number of hydrogen-bond donors (Lipinski definition) is 1. The van der Waals surface area contributed by atoms with Crippen molar-refractivity contribution in [3.05, 3.63) is 35.4 Å². The SMILES string of the molecule is CC(C)(C)c1ccc(C(=O)N[C@@]2(C(F)(F)F)N=C3SCCN3C2=O)cc1. The second-order valence-electron chi connectivity index (χ2n) is 7.19. The fourth-order valence-corrected chi connectivity index (χ4v) is 3.75. The Bertz CT molecular complexity index is 784. The van der Waals surface area contributed by atoms with E-state index in [1.54, 1.807) is 12.1 Å². The maximum Gasteiger partial charge on any atom is 0.442 e. The number of carbonyl (C=O) groups excluding carboxylic acids is 2. The molecule has 2 aliphatic rings. The fraction of sp³-hybridized carbons (Fsp3) is 0.471. The highest BCUT2D eigenvalue weighted by molar-refractivity contribution is 8.14. The summed E-state index contributed by atoms with van der Waals surface area (Å²) in [4.78, 5) is 29.3. The zero-order chi connectivity index (χ0) is 19.3. The Labute approximate surface area is 153 Å². The zero-order valence-corrected chi connectivity index (χ0v) is 15.3. The Morgan fingerprint density at radius 1 is 1.23 bits per heavy atom. The lowest BCUT2D eigenvalue weighted by Crippen LogP contribution is -2.63. The third-order valence-corrected chi connectivity index (χ3v) is 5.27. The molecule has 2 heterocycles. The van der Waals surface area contributed by atoms with Gasteiger partial charge in [-0.25, -0.2) is 4.99 Å². The molecule has 0 spiro atoms. The van der Waals surface area contributed by atoms with Crippen LogP contribution < -0.4 is 5.32 Å². The quantitative estimate of drug-likeness (QED) is 0.852. The van der Waals surface area contributed by atoms with Crippen LogP contribution in [0, 0.1) is 0 Å². The number of nitrogens with zero attached hydrogens (tertiary/aromatic N) is 2. The summed E-state index contributed by atoms with van der Waals surface area (Å²) < 4.78 is 41.1. The molecule has 1 atom stereocenters. The molecule has 0 saturated carbocycles. The zero-order valence-electron chi connectivity index (χ0n) is 14.5. The van der Waals surface area contributed by atoms with Crippen molar-refractivity contribution in [2.24, 2.45) is 4.99 Å². The number of amides is 2. The molecule has 0 radical (unpaired) electrons. The van der Waals surface area contributed by atoms with E-state index in [4.69, 9.17) is 0 Å². The van der Waals surface area contributed by atoms with E-state index >= 15 is 0 Å². The van der Waals surface area contributed by atoms with Crippen molar-refractivity contribution in [2.45, 2.75) is 38.0 Å². The van der Waals surface area contributed by atoms with Crippen molar-refractivity contribution in [1.29, 1.82) is 0 Å². The molecule has 5 nitrogen and oxygen atoms in total. The maximum absolute atomic E-state index is 13.7. The summed E-state index contributed by atoms with van der Waals surface area (Å²) in [5.74, 6) is -1.77. The number of aliphatic imine (C=N–C) groups is 1. The van der Waals surface area contributed by atoms with E-state index in [0.717, 1.165) is 22.2 Å². The molecule has 0 aromatic heterocycles. The van der Waals surface area contributed by atoms with Crippen LogP contribution in [-0.2, 0) is 10.2 Å². The number of hydrogen-bond acceptors (Lipinski definition) is 4. The van der Waals surface area contributed by atoms with Crippen LogP contribution in [0.2, 0.25) is 0 Å². The third-order valence-electron chi connectivity index (χ3n) is 4.31. The summed E-state index contributed by atoms with van der Waals surface area (Å²) in [5, 5.41) is 1.83. The molecule has 1 N–H and O–H groups in total. The van der Waals surface area contributed by atoms with Gasteiger partial charge in [0.15, 0.2) is 5.17 Å². The number of benzene rings is 1. The molecule has 26 heavy (non-hydrogen) atoms. The summed E-state index contributed by atoms with van der Waals surface area (Å²) in [7, 11) is 0. The van der Waals surface area contributed by atoms with Gasteiger partial charge in [-0.2, -0.15) is 13.2 Å². The van der Waals surface area contributed by atoms with Crippen LogP contribution in [0.5, 0.6) is 0 Å². The molecule has 1 fully saturated rings. The molecule has 9 heteroatoms. The number of rotatable bonds is 2. The molecule has 2 amide bonds. The average molecular weight is 385 g/mol. The van der Waals surface area contributed by atoms with E-state index in [2.05, 4.69) is 4.99 Å². The number of amidine groups is 1. The van der Waals surface area contributed by atoms with Crippen LogP contribution in [0.4, 0.5) is 13.2 Å². The van der Waals surface area contributed by atoms with Crippen LogP contribution in [-0.4, -0.2) is 46.0 Å². The van der Waals surface area contributed by atoms with Crippen molar-refractivity contribution in [2.75, 3.05) is 12.3 Å². The van der Waals surface area contributed by atoms with E-state index in [1.165, 1.54) is 12.1 Å². The number of fused-ring (bicyclic) bond motifs is 1. The van der Waals surface area contributed by atoms with Crippen molar-refractivity contribution < 1.29 is 22.8 Å². The van der Waals surface area contributed by atoms with Gasteiger partial charge in [-0.15, -0.1) is 0 Å². The second-order valence-corrected chi connectivity index (χ2v) is 8.25. The minimum absolute atomic E-state index is 0.00398. The van der Waals surface area contributed by atoms with Gasteiger partial charge in [-0.1, -0.05) is 44.7 Å². The van der Waals surface area contributed by atoms with Gasteiger partial charge >= 0.3 is 11.8 Å². The minimum atomic E-state index is -5.04. The predicted molar refractivity (Wildman–Crippen MR) is 93.0 cm³/mol. The Morgan fingerprint density at radius 2 is 1.85 bits per heavy atom. The number of thioether (sulfide) groups is 1. The highest BCUT2D eigenvalue weighted by Crippen LogP contribution is 2.41. The predicted octanol–water partition coefficient (Wildman–Crippen LogP) is 2.92. The van der Waals surface area contributed by atoms with Crippen LogP contribution >= 0.6 is 11.8 Å². The van der Waals surface area contributed by atoms with Gasteiger partial charge in [0.05, 0.1) is 0 Å². The molecule has 0 unspecified atom stereocenters. The van der Waals surface area contributed by atoms with Crippen molar-refractivity contribution >= 4 is 28.7 Å². The van der Waals surface area contributed by atoms with Crippen molar-refractivity contribution in [3.63, 3.8) is 0 Å².